The van der Waals surface area contributed by atoms with Crippen LogP contribution in [0.2, 0.25) is 0 Å². The van der Waals surface area contributed by atoms with Crippen LogP contribution in [0.4, 0.5) is 5.69 Å². The first-order valence-corrected chi connectivity index (χ1v) is 8.38. The van der Waals surface area contributed by atoms with Crippen molar-refractivity contribution in [2.45, 2.75) is 25.4 Å². The van der Waals surface area contributed by atoms with Gasteiger partial charge >= 0.3 is 0 Å². The lowest BCUT2D eigenvalue weighted by molar-refractivity contribution is -0.121. The van der Waals surface area contributed by atoms with Gasteiger partial charge < -0.3 is 14.4 Å². The normalized spacial score (nSPS) is 17.5. The van der Waals surface area contributed by atoms with Crippen molar-refractivity contribution in [3.63, 3.8) is 0 Å². The molecule has 0 saturated carbocycles. The minimum atomic E-state index is -0.332. The molecule has 1 aliphatic rings. The number of carbonyl (C=O) groups is 2. The number of anilines is 1. The van der Waals surface area contributed by atoms with E-state index in [1.807, 2.05) is 6.07 Å². The van der Waals surface area contributed by atoms with E-state index in [0.717, 1.165) is 23.1 Å². The number of carbonyl (C=O) groups excluding carboxylic acids is 2. The van der Waals surface area contributed by atoms with Gasteiger partial charge in [-0.3, -0.25) is 14.9 Å². The maximum Gasteiger partial charge on any atom is 0.231 e. The van der Waals surface area contributed by atoms with Gasteiger partial charge in [0.15, 0.2) is 0 Å². The molecule has 3 aromatic rings. The maximum absolute atomic E-state index is 12.7. The highest BCUT2D eigenvalue weighted by atomic mass is 16.5. The van der Waals surface area contributed by atoms with Gasteiger partial charge in [0.25, 0.3) is 0 Å². The molecule has 0 aromatic carbocycles. The second-order valence-corrected chi connectivity index (χ2v) is 6.11. The monoisotopic (exact) mass is 351 g/mol. The number of aromatic amines is 1. The zero-order chi connectivity index (χ0) is 17.9. The van der Waals surface area contributed by atoms with E-state index < -0.39 is 0 Å². The Labute approximate surface area is 149 Å². The number of ether oxygens (including phenoxy) is 1. The fourth-order valence-corrected chi connectivity index (χ4v) is 3.16. The largest absolute Gasteiger partial charge is 0.474 e. The summed E-state index contributed by atoms with van der Waals surface area (Å²) in [5.74, 6) is 0.296. The van der Waals surface area contributed by atoms with Gasteiger partial charge in [0.2, 0.25) is 11.8 Å². The molecule has 0 bridgehead atoms. The van der Waals surface area contributed by atoms with E-state index in [0.29, 0.717) is 24.2 Å². The molecule has 1 aliphatic heterocycles. The Balaban J connectivity index is 1.59. The molecule has 4 rings (SSSR count). The van der Waals surface area contributed by atoms with E-state index in [1.165, 1.54) is 4.90 Å². The van der Waals surface area contributed by atoms with Crippen LogP contribution in [0.5, 0.6) is 5.88 Å². The van der Waals surface area contributed by atoms with E-state index in [9.17, 15) is 9.59 Å². The zero-order valence-electron chi connectivity index (χ0n) is 14.0. The van der Waals surface area contributed by atoms with E-state index in [4.69, 9.17) is 4.74 Å². The zero-order valence-corrected chi connectivity index (χ0v) is 14.0. The van der Waals surface area contributed by atoms with Gasteiger partial charge in [0, 0.05) is 18.5 Å². The molecular formula is C18H17N5O3. The molecule has 1 amide bonds. The Kier molecular flexibility index (Phi) is 4.30. The number of fused-ring (bicyclic) bond motifs is 2. The van der Waals surface area contributed by atoms with Crippen LogP contribution in [-0.4, -0.2) is 45.0 Å². The number of H-pyrrole nitrogens is 1. The van der Waals surface area contributed by atoms with Crippen LogP contribution in [0.3, 0.4) is 0 Å². The number of hydrogen-bond acceptors (Lipinski definition) is 6. The molecule has 0 spiro atoms. The molecule has 4 heterocycles. The van der Waals surface area contributed by atoms with Crippen LogP contribution in [0.25, 0.3) is 11.0 Å². The second kappa shape index (κ2) is 6.91. The van der Waals surface area contributed by atoms with Crippen LogP contribution < -0.4 is 9.64 Å². The highest BCUT2D eigenvalue weighted by Crippen LogP contribution is 2.27. The van der Waals surface area contributed by atoms with Crippen LogP contribution in [0, 0.1) is 0 Å². The molecule has 8 heteroatoms. The number of aromatic nitrogens is 4. The standard InChI is InChI=1S/C18H17N5O3/c24-8-7-23-16-5-6-19-10-12(16)1-2-13(9-18(23)25)26-17-4-3-14-15(21-17)11-20-22-14/h3-6,8,10-11,13H,1-2,7,9H2,(H,20,22). The molecule has 1 atom stereocenters. The minimum Gasteiger partial charge on any atom is -0.474 e. The molecule has 8 nitrogen and oxygen atoms in total. The Hall–Kier alpha value is -3.29. The summed E-state index contributed by atoms with van der Waals surface area (Å²) in [7, 11) is 0. The lowest BCUT2D eigenvalue weighted by Crippen LogP contribution is -2.38. The molecule has 132 valence electrons. The smallest absolute Gasteiger partial charge is 0.231 e. The summed E-state index contributed by atoms with van der Waals surface area (Å²) in [4.78, 5) is 33.8. The van der Waals surface area contributed by atoms with Gasteiger partial charge in [-0.05, 0) is 30.5 Å². The van der Waals surface area contributed by atoms with Gasteiger partial charge in [-0.1, -0.05) is 0 Å². The summed E-state index contributed by atoms with van der Waals surface area (Å²) in [6.45, 7) is 0.0157. The quantitative estimate of drug-likeness (QED) is 0.718. The number of amides is 1. The molecule has 3 aromatic heterocycles. The van der Waals surface area contributed by atoms with Crippen LogP contribution >= 0.6 is 0 Å². The Morgan fingerprint density at radius 3 is 3.12 bits per heavy atom. The van der Waals surface area contributed by atoms with Gasteiger partial charge in [0.05, 0.1) is 30.4 Å². The predicted octanol–water partition coefficient (Wildman–Crippen LogP) is 1.67. The highest BCUT2D eigenvalue weighted by molar-refractivity contribution is 5.97. The van der Waals surface area contributed by atoms with Gasteiger partial charge in [-0.2, -0.15) is 5.10 Å². The number of nitrogens with zero attached hydrogens (tertiary/aromatic N) is 4. The molecule has 26 heavy (non-hydrogen) atoms. The number of nitrogens with one attached hydrogen (secondary N) is 1. The predicted molar refractivity (Wildman–Crippen MR) is 93.9 cm³/mol. The molecule has 0 aliphatic carbocycles. The third-order valence-electron chi connectivity index (χ3n) is 4.42. The third-order valence-corrected chi connectivity index (χ3v) is 4.42. The maximum atomic E-state index is 12.7. The van der Waals surface area contributed by atoms with E-state index in [1.54, 1.807) is 30.7 Å². The summed E-state index contributed by atoms with van der Waals surface area (Å²) in [6, 6.07) is 5.36. The summed E-state index contributed by atoms with van der Waals surface area (Å²) in [6.07, 6.45) is 6.92. The lowest BCUT2D eigenvalue weighted by atomic mass is 10.0. The van der Waals surface area contributed by atoms with Crippen molar-refractivity contribution < 1.29 is 14.3 Å². The fraction of sp³-hybridized carbons (Fsp3) is 0.278. The third kappa shape index (κ3) is 3.13. The molecule has 0 radical (unpaired) electrons. The number of pyridine rings is 2. The van der Waals surface area contributed by atoms with E-state index in [2.05, 4.69) is 20.2 Å². The molecule has 1 unspecified atom stereocenters. The average Bonchev–Trinajstić information content (AvgIpc) is 3.11. The number of aryl methyl sites for hydroxylation is 1. The molecule has 0 saturated heterocycles. The second-order valence-electron chi connectivity index (χ2n) is 6.11. The first-order chi connectivity index (χ1) is 12.7. The Bertz CT molecular complexity index is 955. The number of aldehydes is 1. The van der Waals surface area contributed by atoms with Gasteiger partial charge in [-0.25, -0.2) is 4.98 Å². The lowest BCUT2D eigenvalue weighted by Gasteiger charge is -2.28. The van der Waals surface area contributed by atoms with Crippen molar-refractivity contribution in [3.8, 4) is 5.88 Å². The minimum absolute atomic E-state index is 0.0157. The number of rotatable bonds is 4. The summed E-state index contributed by atoms with van der Waals surface area (Å²) in [5.41, 5.74) is 3.20. The average molecular weight is 351 g/mol. The molecule has 0 fully saturated rings. The van der Waals surface area contributed by atoms with E-state index in [-0.39, 0.29) is 25.0 Å². The summed E-state index contributed by atoms with van der Waals surface area (Å²) in [5, 5.41) is 6.78. The summed E-state index contributed by atoms with van der Waals surface area (Å²) < 4.78 is 5.97. The van der Waals surface area contributed by atoms with Crippen molar-refractivity contribution in [1.29, 1.82) is 0 Å². The number of hydrogen-bond donors (Lipinski definition) is 1. The van der Waals surface area contributed by atoms with Crippen molar-refractivity contribution in [2.24, 2.45) is 0 Å². The van der Waals surface area contributed by atoms with E-state index >= 15 is 0 Å². The molecular weight excluding hydrogens is 334 g/mol. The van der Waals surface area contributed by atoms with Crippen molar-refractivity contribution in [3.05, 3.63) is 42.4 Å². The first kappa shape index (κ1) is 16.2. The van der Waals surface area contributed by atoms with Crippen molar-refractivity contribution in [1.82, 2.24) is 20.2 Å². The van der Waals surface area contributed by atoms with Crippen LogP contribution in [-0.2, 0) is 16.0 Å². The van der Waals surface area contributed by atoms with Crippen molar-refractivity contribution >= 4 is 28.9 Å². The van der Waals surface area contributed by atoms with Gasteiger partial charge in [-0.15, -0.1) is 0 Å². The first-order valence-electron chi connectivity index (χ1n) is 8.38. The fourth-order valence-electron chi connectivity index (χ4n) is 3.16. The van der Waals surface area contributed by atoms with Crippen LogP contribution in [0.15, 0.2) is 36.8 Å². The topological polar surface area (TPSA) is 101 Å². The SMILES string of the molecule is O=CCN1C(=O)CC(Oc2ccc3[nH]ncc3n2)CCc2cnccc21. The summed E-state index contributed by atoms with van der Waals surface area (Å²) >= 11 is 0. The van der Waals surface area contributed by atoms with Crippen LogP contribution in [0.1, 0.15) is 18.4 Å². The highest BCUT2D eigenvalue weighted by Gasteiger charge is 2.27. The van der Waals surface area contributed by atoms with Gasteiger partial charge in [0.1, 0.15) is 17.9 Å². The Morgan fingerprint density at radius 1 is 1.31 bits per heavy atom. The molecule has 1 N–H and O–H groups in total. The Morgan fingerprint density at radius 2 is 2.23 bits per heavy atom. The van der Waals surface area contributed by atoms with Crippen molar-refractivity contribution in [2.75, 3.05) is 11.4 Å².